The first kappa shape index (κ1) is 18.1. The van der Waals surface area contributed by atoms with E-state index in [1.54, 1.807) is 25.4 Å². The first-order chi connectivity index (χ1) is 13.6. The highest BCUT2D eigenvalue weighted by atomic mass is 16.6. The third-order valence-corrected chi connectivity index (χ3v) is 4.86. The molecular weight excluding hydrogens is 362 g/mol. The van der Waals surface area contributed by atoms with E-state index in [2.05, 4.69) is 4.98 Å². The second kappa shape index (κ2) is 7.38. The van der Waals surface area contributed by atoms with Gasteiger partial charge >= 0.3 is 6.09 Å². The van der Waals surface area contributed by atoms with Gasteiger partial charge in [-0.3, -0.25) is 14.6 Å². The van der Waals surface area contributed by atoms with E-state index in [9.17, 15) is 9.59 Å². The number of carbonyl (C=O) groups is 2. The van der Waals surface area contributed by atoms with Crippen LogP contribution in [0, 0.1) is 0 Å². The minimum atomic E-state index is -1.07. The van der Waals surface area contributed by atoms with E-state index in [1.807, 2.05) is 31.2 Å². The molecule has 0 N–H and O–H groups in total. The molecule has 0 saturated carbocycles. The number of ether oxygens (including phenoxy) is 3. The Morgan fingerprint density at radius 1 is 1.18 bits per heavy atom. The molecule has 0 bridgehead atoms. The molecule has 2 aromatic rings. The van der Waals surface area contributed by atoms with E-state index in [0.717, 1.165) is 11.3 Å². The highest BCUT2D eigenvalue weighted by Crippen LogP contribution is 2.35. The fourth-order valence-corrected chi connectivity index (χ4v) is 3.29. The van der Waals surface area contributed by atoms with Gasteiger partial charge in [0.25, 0.3) is 12.1 Å². The highest BCUT2D eigenvalue weighted by Gasteiger charge is 2.45. The van der Waals surface area contributed by atoms with Crippen LogP contribution in [0.3, 0.4) is 0 Å². The van der Waals surface area contributed by atoms with Crippen LogP contribution in [0.15, 0.2) is 42.6 Å². The Kier molecular flexibility index (Phi) is 4.77. The largest absolute Gasteiger partial charge is 0.497 e. The molecule has 8 nitrogen and oxygen atoms in total. The molecule has 2 unspecified atom stereocenters. The van der Waals surface area contributed by atoms with Gasteiger partial charge in [0.1, 0.15) is 11.9 Å². The molecule has 1 fully saturated rings. The van der Waals surface area contributed by atoms with Gasteiger partial charge in [-0.1, -0.05) is 19.1 Å². The predicted molar refractivity (Wildman–Crippen MR) is 100 cm³/mol. The molecular formula is C20H21N3O5. The molecule has 2 aliphatic heterocycles. The van der Waals surface area contributed by atoms with Crippen molar-refractivity contribution in [2.75, 3.05) is 18.6 Å². The zero-order chi connectivity index (χ0) is 19.7. The number of aromatic nitrogens is 1. The van der Waals surface area contributed by atoms with Crippen LogP contribution >= 0.6 is 0 Å². The van der Waals surface area contributed by atoms with Crippen molar-refractivity contribution < 1.29 is 23.8 Å². The van der Waals surface area contributed by atoms with Crippen molar-refractivity contribution in [3.05, 3.63) is 48.2 Å². The van der Waals surface area contributed by atoms with Crippen LogP contribution in [0.5, 0.6) is 11.5 Å². The number of pyridine rings is 1. The molecule has 2 aliphatic rings. The van der Waals surface area contributed by atoms with E-state index >= 15 is 0 Å². The quantitative estimate of drug-likeness (QED) is 0.789. The molecule has 28 heavy (non-hydrogen) atoms. The third-order valence-electron chi connectivity index (χ3n) is 4.86. The highest BCUT2D eigenvalue weighted by molar-refractivity contribution is 6.00. The summed E-state index contributed by atoms with van der Waals surface area (Å²) in [5.74, 6) is 1.27. The lowest BCUT2D eigenvalue weighted by atomic mass is 10.1. The van der Waals surface area contributed by atoms with Gasteiger partial charge < -0.3 is 14.2 Å². The number of amides is 2. The van der Waals surface area contributed by atoms with Crippen molar-refractivity contribution in [2.24, 2.45) is 0 Å². The number of benzene rings is 1. The van der Waals surface area contributed by atoms with Crippen LogP contribution in [-0.2, 0) is 16.1 Å². The average Bonchev–Trinajstić information content (AvgIpc) is 3.11. The summed E-state index contributed by atoms with van der Waals surface area (Å²) in [6.45, 7) is 2.55. The molecule has 4 rings (SSSR count). The molecule has 3 heterocycles. The van der Waals surface area contributed by atoms with Gasteiger partial charge in [-0.05, 0) is 36.2 Å². The van der Waals surface area contributed by atoms with Gasteiger partial charge in [0.05, 0.1) is 20.2 Å². The lowest BCUT2D eigenvalue weighted by Gasteiger charge is -2.36. The third kappa shape index (κ3) is 3.21. The van der Waals surface area contributed by atoms with E-state index in [0.29, 0.717) is 31.1 Å². The van der Waals surface area contributed by atoms with Gasteiger partial charge in [0, 0.05) is 6.20 Å². The van der Waals surface area contributed by atoms with Crippen molar-refractivity contribution >= 4 is 17.8 Å². The Balaban J connectivity index is 1.64. The molecule has 0 radical (unpaired) electrons. The Bertz CT molecular complexity index is 886. The number of fused-ring (bicyclic) bond motifs is 1. The summed E-state index contributed by atoms with van der Waals surface area (Å²) >= 11 is 0. The summed E-state index contributed by atoms with van der Waals surface area (Å²) in [4.78, 5) is 32.7. The van der Waals surface area contributed by atoms with Crippen LogP contribution < -0.4 is 14.4 Å². The summed E-state index contributed by atoms with van der Waals surface area (Å²) in [5, 5.41) is 0. The standard InChI is InChI=1S/C20H21N3O5/c1-3-14-12-23(20(25)27-14)19-18(24)22(17-16(28-19)5-4-10-21-17)11-13-6-8-15(26-2)9-7-13/h4-10,14,19H,3,11-12H2,1-2H3. The van der Waals surface area contributed by atoms with Crippen LogP contribution in [0.4, 0.5) is 10.6 Å². The van der Waals surface area contributed by atoms with E-state index in [1.165, 1.54) is 9.80 Å². The second-order valence-electron chi connectivity index (χ2n) is 6.63. The van der Waals surface area contributed by atoms with Gasteiger partial charge in [0.2, 0.25) is 0 Å². The van der Waals surface area contributed by atoms with Crippen LogP contribution in [0.1, 0.15) is 18.9 Å². The van der Waals surface area contributed by atoms with E-state index in [-0.39, 0.29) is 12.0 Å². The molecule has 1 saturated heterocycles. The lowest BCUT2D eigenvalue weighted by molar-refractivity contribution is -0.132. The molecule has 1 aromatic heterocycles. The number of rotatable bonds is 5. The second-order valence-corrected chi connectivity index (χ2v) is 6.63. The fraction of sp³-hybridized carbons (Fsp3) is 0.350. The molecule has 2 amide bonds. The van der Waals surface area contributed by atoms with Gasteiger partial charge in [0.15, 0.2) is 11.6 Å². The molecule has 2 atom stereocenters. The average molecular weight is 383 g/mol. The first-order valence-corrected chi connectivity index (χ1v) is 9.14. The van der Waals surface area contributed by atoms with Gasteiger partial charge in [-0.15, -0.1) is 0 Å². The van der Waals surface area contributed by atoms with E-state index in [4.69, 9.17) is 14.2 Å². The minimum absolute atomic E-state index is 0.241. The number of anilines is 1. The van der Waals surface area contributed by atoms with Crippen LogP contribution in [0.25, 0.3) is 0 Å². The summed E-state index contributed by atoms with van der Waals surface area (Å²) in [5.41, 5.74) is 0.904. The Morgan fingerprint density at radius 2 is 1.96 bits per heavy atom. The van der Waals surface area contributed by atoms with Crippen molar-refractivity contribution in [2.45, 2.75) is 32.2 Å². The number of cyclic esters (lactones) is 1. The van der Waals surface area contributed by atoms with Crippen molar-refractivity contribution in [3.8, 4) is 11.5 Å². The molecule has 1 aromatic carbocycles. The molecule has 8 heteroatoms. The topological polar surface area (TPSA) is 81.2 Å². The van der Waals surface area contributed by atoms with Gasteiger partial charge in [-0.25, -0.2) is 9.78 Å². The molecule has 0 aliphatic carbocycles. The number of hydrogen-bond donors (Lipinski definition) is 0. The smallest absolute Gasteiger partial charge is 0.413 e. The Morgan fingerprint density at radius 3 is 2.64 bits per heavy atom. The van der Waals surface area contributed by atoms with Crippen molar-refractivity contribution in [1.29, 1.82) is 0 Å². The zero-order valence-electron chi connectivity index (χ0n) is 15.7. The van der Waals surface area contributed by atoms with Crippen LogP contribution in [0.2, 0.25) is 0 Å². The minimum Gasteiger partial charge on any atom is -0.497 e. The molecule has 146 valence electrons. The van der Waals surface area contributed by atoms with E-state index < -0.39 is 12.3 Å². The SMILES string of the molecule is CCC1CN(C2Oc3cccnc3N(Cc3ccc(OC)cc3)C2=O)C(=O)O1. The maximum Gasteiger partial charge on any atom is 0.413 e. The zero-order valence-corrected chi connectivity index (χ0v) is 15.7. The van der Waals surface area contributed by atoms with Crippen LogP contribution in [-0.4, -0.2) is 47.9 Å². The maximum absolute atomic E-state index is 13.2. The summed E-state index contributed by atoms with van der Waals surface area (Å²) in [7, 11) is 1.60. The van der Waals surface area contributed by atoms with Crippen molar-refractivity contribution in [1.82, 2.24) is 9.88 Å². The number of nitrogens with zero attached hydrogens (tertiary/aromatic N) is 3. The molecule has 0 spiro atoms. The summed E-state index contributed by atoms with van der Waals surface area (Å²) < 4.78 is 16.3. The first-order valence-electron chi connectivity index (χ1n) is 9.14. The Hall–Kier alpha value is -3.29. The summed E-state index contributed by atoms with van der Waals surface area (Å²) in [6, 6.07) is 10.9. The monoisotopic (exact) mass is 383 g/mol. The summed E-state index contributed by atoms with van der Waals surface area (Å²) in [6.07, 6.45) is 0.431. The number of carbonyl (C=O) groups excluding carboxylic acids is 2. The lowest BCUT2D eigenvalue weighted by Crippen LogP contribution is -2.55. The van der Waals surface area contributed by atoms with Crippen molar-refractivity contribution in [3.63, 3.8) is 0 Å². The maximum atomic E-state index is 13.2. The number of methoxy groups -OCH3 is 1. The normalized spacial score (nSPS) is 21.2. The fourth-order valence-electron chi connectivity index (χ4n) is 3.29. The predicted octanol–water partition coefficient (Wildman–Crippen LogP) is 2.57. The van der Waals surface area contributed by atoms with Gasteiger partial charge in [-0.2, -0.15) is 0 Å². The number of hydrogen-bond acceptors (Lipinski definition) is 6. The Labute approximate surface area is 162 Å².